The minimum absolute atomic E-state index is 0.394. The number of amides is 4. The zero-order chi connectivity index (χ0) is 19.6. The Balaban J connectivity index is 1.74. The van der Waals surface area contributed by atoms with E-state index in [0.29, 0.717) is 16.8 Å². The van der Waals surface area contributed by atoms with Crippen LogP contribution in [0.3, 0.4) is 0 Å². The maximum absolute atomic E-state index is 12.8. The van der Waals surface area contributed by atoms with E-state index >= 15 is 0 Å². The second-order valence-electron chi connectivity index (χ2n) is 6.19. The van der Waals surface area contributed by atoms with Gasteiger partial charge in [-0.15, -0.1) is 0 Å². The van der Waals surface area contributed by atoms with E-state index in [0.717, 1.165) is 9.37 Å². The zero-order valence-electron chi connectivity index (χ0n) is 14.3. The molecule has 8 heteroatoms. The molecule has 3 rings (SSSR count). The monoisotopic (exact) mass is 426 g/mol. The summed E-state index contributed by atoms with van der Waals surface area (Å²) in [6.45, 7) is 1.18. The number of benzene rings is 2. The Labute approximate surface area is 164 Å². The smallest absolute Gasteiger partial charge is 0.324 e. The molecule has 136 valence electrons. The molecule has 0 unspecified atom stereocenters. The third-order valence-electron chi connectivity index (χ3n) is 4.27. The summed E-state index contributed by atoms with van der Waals surface area (Å²) in [7, 11) is 0. The number of nitrogens with zero attached hydrogens (tertiary/aromatic N) is 2. The van der Waals surface area contributed by atoms with Gasteiger partial charge in [0.2, 0.25) is 5.91 Å². The minimum atomic E-state index is -1.24. The quantitative estimate of drug-likeness (QED) is 0.733. The largest absolute Gasteiger partial charge is 0.325 e. The third-order valence-corrected chi connectivity index (χ3v) is 4.80. The van der Waals surface area contributed by atoms with Crippen molar-refractivity contribution in [3.05, 3.63) is 64.1 Å². The van der Waals surface area contributed by atoms with Crippen molar-refractivity contribution in [2.75, 3.05) is 11.9 Å². The second kappa shape index (κ2) is 7.21. The van der Waals surface area contributed by atoms with Crippen LogP contribution in [-0.4, -0.2) is 29.3 Å². The molecule has 2 aromatic carbocycles. The molecule has 1 atom stereocenters. The fourth-order valence-corrected chi connectivity index (χ4v) is 3.09. The Bertz CT molecular complexity index is 968. The predicted molar refractivity (Wildman–Crippen MR) is 102 cm³/mol. The molecule has 2 N–H and O–H groups in total. The van der Waals surface area contributed by atoms with Crippen molar-refractivity contribution in [3.8, 4) is 6.07 Å². The van der Waals surface area contributed by atoms with Gasteiger partial charge in [-0.2, -0.15) is 5.26 Å². The van der Waals surface area contributed by atoms with Crippen LogP contribution in [0.15, 0.2) is 53.0 Å². The minimum Gasteiger partial charge on any atom is -0.324 e. The Morgan fingerprint density at radius 3 is 2.63 bits per heavy atom. The number of hydrogen-bond acceptors (Lipinski definition) is 4. The summed E-state index contributed by atoms with van der Waals surface area (Å²) >= 11 is 3.33. The average Bonchev–Trinajstić information content (AvgIpc) is 2.86. The molecule has 1 saturated heterocycles. The van der Waals surface area contributed by atoms with Gasteiger partial charge in [0.15, 0.2) is 0 Å². The number of carbonyl (C=O) groups is 3. The summed E-state index contributed by atoms with van der Waals surface area (Å²) < 4.78 is 0.849. The van der Waals surface area contributed by atoms with Gasteiger partial charge >= 0.3 is 6.03 Å². The van der Waals surface area contributed by atoms with Crippen molar-refractivity contribution in [1.29, 1.82) is 5.26 Å². The molecule has 0 aromatic heterocycles. The van der Waals surface area contributed by atoms with Crippen LogP contribution in [0, 0.1) is 11.3 Å². The molecule has 2 aromatic rings. The molecule has 1 aliphatic rings. The van der Waals surface area contributed by atoms with Gasteiger partial charge in [0.05, 0.1) is 11.6 Å². The van der Waals surface area contributed by atoms with Gasteiger partial charge in [0.1, 0.15) is 12.1 Å². The lowest BCUT2D eigenvalue weighted by atomic mass is 9.92. The zero-order valence-corrected chi connectivity index (χ0v) is 15.9. The lowest BCUT2D eigenvalue weighted by Gasteiger charge is -2.22. The van der Waals surface area contributed by atoms with Gasteiger partial charge in [0.25, 0.3) is 5.91 Å². The summed E-state index contributed by atoms with van der Waals surface area (Å²) in [6, 6.07) is 14.7. The highest BCUT2D eigenvalue weighted by molar-refractivity contribution is 9.10. The molecule has 0 aliphatic carbocycles. The van der Waals surface area contributed by atoms with Crippen molar-refractivity contribution in [3.63, 3.8) is 0 Å². The Morgan fingerprint density at radius 1 is 1.26 bits per heavy atom. The average molecular weight is 427 g/mol. The van der Waals surface area contributed by atoms with E-state index in [1.807, 2.05) is 6.07 Å². The first-order chi connectivity index (χ1) is 12.8. The van der Waals surface area contributed by atoms with Crippen LogP contribution in [0.2, 0.25) is 0 Å². The van der Waals surface area contributed by atoms with Gasteiger partial charge in [-0.25, -0.2) is 4.79 Å². The predicted octanol–water partition coefficient (Wildman–Crippen LogP) is 2.73. The third kappa shape index (κ3) is 3.68. The number of halogens is 1. The first-order valence-electron chi connectivity index (χ1n) is 8.03. The summed E-state index contributed by atoms with van der Waals surface area (Å²) in [4.78, 5) is 38.3. The molecule has 1 aliphatic heterocycles. The fraction of sp³-hybridized carbons (Fsp3) is 0.158. The second-order valence-corrected chi connectivity index (χ2v) is 7.11. The SMILES string of the molecule is C[C@]1(c2ccc(Br)cc2)NC(=O)N(CC(=O)Nc2cccc(C#N)c2)C1=O. The highest BCUT2D eigenvalue weighted by atomic mass is 79.9. The van der Waals surface area contributed by atoms with Gasteiger partial charge < -0.3 is 10.6 Å². The van der Waals surface area contributed by atoms with Crippen molar-refractivity contribution < 1.29 is 14.4 Å². The Kier molecular flexibility index (Phi) is 4.97. The van der Waals surface area contributed by atoms with E-state index in [1.165, 1.54) is 6.07 Å². The van der Waals surface area contributed by atoms with E-state index < -0.39 is 29.9 Å². The lowest BCUT2D eigenvalue weighted by Crippen LogP contribution is -2.42. The van der Waals surface area contributed by atoms with Gasteiger partial charge in [-0.1, -0.05) is 34.1 Å². The number of anilines is 1. The van der Waals surface area contributed by atoms with E-state index in [-0.39, 0.29) is 0 Å². The molecule has 27 heavy (non-hydrogen) atoms. The van der Waals surface area contributed by atoms with Crippen LogP contribution in [0.5, 0.6) is 0 Å². The number of urea groups is 1. The first kappa shape index (κ1) is 18.6. The summed E-state index contributed by atoms with van der Waals surface area (Å²) in [5.41, 5.74) is 0.194. The van der Waals surface area contributed by atoms with Crippen molar-refractivity contribution in [2.24, 2.45) is 0 Å². The molecular formula is C19H15BrN4O3. The molecule has 1 fully saturated rings. The molecular weight excluding hydrogens is 412 g/mol. The number of nitrogens with one attached hydrogen (secondary N) is 2. The normalized spacial score (nSPS) is 18.8. The Hall–Kier alpha value is -3.18. The molecule has 7 nitrogen and oxygen atoms in total. The summed E-state index contributed by atoms with van der Waals surface area (Å²) in [5, 5.41) is 14.1. The van der Waals surface area contributed by atoms with Crippen molar-refractivity contribution >= 4 is 39.5 Å². The van der Waals surface area contributed by atoms with Gasteiger partial charge in [-0.05, 0) is 42.8 Å². The highest BCUT2D eigenvalue weighted by Crippen LogP contribution is 2.29. The number of nitriles is 1. The van der Waals surface area contributed by atoms with E-state index in [9.17, 15) is 14.4 Å². The maximum Gasteiger partial charge on any atom is 0.325 e. The van der Waals surface area contributed by atoms with Crippen LogP contribution < -0.4 is 10.6 Å². The van der Waals surface area contributed by atoms with Crippen LogP contribution >= 0.6 is 15.9 Å². The van der Waals surface area contributed by atoms with Crippen LogP contribution in [-0.2, 0) is 15.1 Å². The van der Waals surface area contributed by atoms with Gasteiger partial charge in [-0.3, -0.25) is 14.5 Å². The van der Waals surface area contributed by atoms with E-state index in [4.69, 9.17) is 5.26 Å². The number of rotatable bonds is 4. The molecule has 0 spiro atoms. The Morgan fingerprint density at radius 2 is 1.96 bits per heavy atom. The van der Waals surface area contributed by atoms with Crippen LogP contribution in [0.1, 0.15) is 18.1 Å². The summed E-state index contributed by atoms with van der Waals surface area (Å²) in [5.74, 6) is -1.04. The highest BCUT2D eigenvalue weighted by Gasteiger charge is 2.49. The number of carbonyl (C=O) groups excluding carboxylic acids is 3. The van der Waals surface area contributed by atoms with E-state index in [1.54, 1.807) is 49.4 Å². The fourth-order valence-electron chi connectivity index (χ4n) is 2.83. The summed E-state index contributed by atoms with van der Waals surface area (Å²) in [6.07, 6.45) is 0. The standard InChI is InChI=1S/C19H15BrN4O3/c1-19(13-5-7-14(20)8-6-13)17(26)24(18(27)23-19)11-16(25)22-15-4-2-3-12(9-15)10-21/h2-9H,11H2,1H3,(H,22,25)(H,23,27)/t19-/m1/s1. The van der Waals surface area contributed by atoms with Crippen molar-refractivity contribution in [1.82, 2.24) is 10.2 Å². The lowest BCUT2D eigenvalue weighted by molar-refractivity contribution is -0.133. The van der Waals surface area contributed by atoms with E-state index in [2.05, 4.69) is 26.6 Å². The maximum atomic E-state index is 12.8. The molecule has 1 heterocycles. The molecule has 0 saturated carbocycles. The molecule has 4 amide bonds. The molecule has 0 bridgehead atoms. The van der Waals surface area contributed by atoms with Crippen molar-refractivity contribution in [2.45, 2.75) is 12.5 Å². The first-order valence-corrected chi connectivity index (χ1v) is 8.83. The molecule has 0 radical (unpaired) electrons. The topological polar surface area (TPSA) is 102 Å². The van der Waals surface area contributed by atoms with Crippen LogP contribution in [0.4, 0.5) is 10.5 Å². The number of hydrogen-bond donors (Lipinski definition) is 2. The van der Waals surface area contributed by atoms with Gasteiger partial charge in [0, 0.05) is 10.2 Å². The van der Waals surface area contributed by atoms with Crippen LogP contribution in [0.25, 0.3) is 0 Å². The number of imide groups is 1.